The van der Waals surface area contributed by atoms with E-state index in [-0.39, 0.29) is 5.91 Å². The zero-order valence-electron chi connectivity index (χ0n) is 14.0. The highest BCUT2D eigenvalue weighted by Crippen LogP contribution is 2.19. The predicted octanol–water partition coefficient (Wildman–Crippen LogP) is 3.01. The van der Waals surface area contributed by atoms with Gasteiger partial charge in [-0.15, -0.1) is 0 Å². The van der Waals surface area contributed by atoms with Crippen molar-refractivity contribution in [1.82, 2.24) is 14.7 Å². The van der Waals surface area contributed by atoms with E-state index in [0.717, 1.165) is 22.7 Å². The number of nitrogens with zero attached hydrogens (tertiary/aromatic N) is 2. The first kappa shape index (κ1) is 16.1. The number of amides is 1. The van der Waals surface area contributed by atoms with Gasteiger partial charge in [0.25, 0.3) is 5.91 Å². The highest BCUT2D eigenvalue weighted by atomic mass is 16.5. The first-order valence-electron chi connectivity index (χ1n) is 8.12. The molecule has 5 heteroatoms. The lowest BCUT2D eigenvalue weighted by molar-refractivity contribution is 0.0953. The maximum Gasteiger partial charge on any atom is 0.251 e. The number of pyridine rings is 1. The summed E-state index contributed by atoms with van der Waals surface area (Å²) in [6.07, 6.45) is 4.59. The van der Waals surface area contributed by atoms with E-state index in [1.54, 1.807) is 0 Å². The number of fused-ring (bicyclic) bond motifs is 1. The molecule has 124 valence electrons. The molecule has 1 aromatic carbocycles. The van der Waals surface area contributed by atoms with Gasteiger partial charge in [-0.25, -0.2) is 4.98 Å². The molecule has 24 heavy (non-hydrogen) atoms. The molecule has 2 aromatic heterocycles. The fourth-order valence-electron chi connectivity index (χ4n) is 2.65. The number of rotatable bonds is 6. The Labute approximate surface area is 141 Å². The van der Waals surface area contributed by atoms with Crippen molar-refractivity contribution in [3.63, 3.8) is 0 Å². The number of aryl methyl sites for hydroxylation is 1. The third-order valence-electron chi connectivity index (χ3n) is 3.85. The number of carbonyl (C=O) groups is 1. The van der Waals surface area contributed by atoms with Crippen LogP contribution in [0.15, 0.2) is 48.8 Å². The number of hydrogen-bond acceptors (Lipinski definition) is 3. The largest absolute Gasteiger partial charge is 0.490 e. The minimum absolute atomic E-state index is 0.0492. The molecule has 5 nitrogen and oxygen atoms in total. The topological polar surface area (TPSA) is 55.6 Å². The van der Waals surface area contributed by atoms with Gasteiger partial charge < -0.3 is 14.5 Å². The van der Waals surface area contributed by atoms with E-state index in [0.29, 0.717) is 25.1 Å². The fraction of sp³-hybridized carbons (Fsp3) is 0.263. The van der Waals surface area contributed by atoms with Crippen molar-refractivity contribution < 1.29 is 9.53 Å². The molecule has 3 rings (SSSR count). The first-order valence-corrected chi connectivity index (χ1v) is 8.12. The number of hydrogen-bond donors (Lipinski definition) is 1. The summed E-state index contributed by atoms with van der Waals surface area (Å²) in [6.45, 7) is 5.04. The van der Waals surface area contributed by atoms with Crippen molar-refractivity contribution >= 4 is 11.6 Å². The third-order valence-corrected chi connectivity index (χ3v) is 3.85. The molecule has 0 bridgehead atoms. The lowest BCUT2D eigenvalue weighted by Crippen LogP contribution is -2.26. The van der Waals surface area contributed by atoms with E-state index in [2.05, 4.69) is 10.3 Å². The van der Waals surface area contributed by atoms with Crippen molar-refractivity contribution in [2.45, 2.75) is 20.3 Å². The number of imidazole rings is 1. The molecule has 0 aliphatic carbocycles. The van der Waals surface area contributed by atoms with Gasteiger partial charge in [0.15, 0.2) is 11.4 Å². The molecule has 2 heterocycles. The summed E-state index contributed by atoms with van der Waals surface area (Å²) < 4.78 is 7.54. The molecular weight excluding hydrogens is 302 g/mol. The summed E-state index contributed by atoms with van der Waals surface area (Å²) in [5.74, 6) is 0.724. The molecule has 0 spiro atoms. The van der Waals surface area contributed by atoms with Crippen LogP contribution in [-0.2, 0) is 6.42 Å². The Morgan fingerprint density at radius 1 is 1.25 bits per heavy atom. The first-order chi connectivity index (χ1) is 11.7. The van der Waals surface area contributed by atoms with E-state index in [1.165, 1.54) is 0 Å². The molecule has 0 fully saturated rings. The van der Waals surface area contributed by atoms with Gasteiger partial charge in [0.05, 0.1) is 12.3 Å². The summed E-state index contributed by atoms with van der Waals surface area (Å²) in [6, 6.07) is 11.4. The Bertz CT molecular complexity index is 855. The Hall–Kier alpha value is -2.82. The number of aromatic nitrogens is 2. The van der Waals surface area contributed by atoms with Gasteiger partial charge in [-0.1, -0.05) is 18.2 Å². The monoisotopic (exact) mass is 323 g/mol. The maximum absolute atomic E-state index is 12.2. The molecule has 1 N–H and O–H groups in total. The van der Waals surface area contributed by atoms with Crippen LogP contribution in [0.25, 0.3) is 5.65 Å². The molecule has 0 aliphatic heterocycles. The molecule has 0 radical (unpaired) electrons. The smallest absolute Gasteiger partial charge is 0.251 e. The minimum Gasteiger partial charge on any atom is -0.490 e. The van der Waals surface area contributed by atoms with Gasteiger partial charge >= 0.3 is 0 Å². The number of ether oxygens (including phenoxy) is 1. The van der Waals surface area contributed by atoms with Crippen LogP contribution in [0.2, 0.25) is 0 Å². The molecule has 0 aliphatic rings. The normalized spacial score (nSPS) is 10.8. The Morgan fingerprint density at radius 3 is 2.88 bits per heavy atom. The summed E-state index contributed by atoms with van der Waals surface area (Å²) in [7, 11) is 0. The molecule has 0 atom stereocenters. The molecular formula is C19H21N3O2. The minimum atomic E-state index is -0.0492. The van der Waals surface area contributed by atoms with Gasteiger partial charge in [-0.2, -0.15) is 0 Å². The molecule has 0 saturated heterocycles. The third kappa shape index (κ3) is 3.40. The van der Waals surface area contributed by atoms with Crippen LogP contribution in [0.5, 0.6) is 5.75 Å². The Kier molecular flexibility index (Phi) is 4.79. The van der Waals surface area contributed by atoms with Crippen LogP contribution >= 0.6 is 0 Å². The van der Waals surface area contributed by atoms with Crippen LogP contribution in [0.4, 0.5) is 0 Å². The van der Waals surface area contributed by atoms with E-state index >= 15 is 0 Å². The van der Waals surface area contributed by atoms with E-state index in [4.69, 9.17) is 4.74 Å². The van der Waals surface area contributed by atoms with Crippen LogP contribution in [0.1, 0.15) is 28.5 Å². The van der Waals surface area contributed by atoms with Gasteiger partial charge in [0.2, 0.25) is 0 Å². The average Bonchev–Trinajstić information content (AvgIpc) is 2.99. The maximum atomic E-state index is 12.2. The molecule has 3 aromatic rings. The standard InChI is InChI=1S/C19H21N3O2/c1-3-24-17-9-6-12-22-13-15(21-18(17)22)10-11-20-19(23)16-8-5-4-7-14(16)2/h4-9,12-13H,3,10-11H2,1-2H3,(H,20,23). The summed E-state index contributed by atoms with van der Waals surface area (Å²) >= 11 is 0. The lowest BCUT2D eigenvalue weighted by atomic mass is 10.1. The van der Waals surface area contributed by atoms with Crippen molar-refractivity contribution in [3.8, 4) is 5.75 Å². The van der Waals surface area contributed by atoms with Crippen LogP contribution in [0.3, 0.4) is 0 Å². The highest BCUT2D eigenvalue weighted by molar-refractivity contribution is 5.95. The molecule has 0 unspecified atom stereocenters. The quantitative estimate of drug-likeness (QED) is 0.758. The number of carbonyl (C=O) groups excluding carboxylic acids is 1. The highest BCUT2D eigenvalue weighted by Gasteiger charge is 2.09. The fourth-order valence-corrected chi connectivity index (χ4v) is 2.65. The van der Waals surface area contributed by atoms with Gasteiger partial charge in [0.1, 0.15) is 0 Å². The van der Waals surface area contributed by atoms with Crippen molar-refractivity contribution in [1.29, 1.82) is 0 Å². The summed E-state index contributed by atoms with van der Waals surface area (Å²) in [4.78, 5) is 16.8. The average molecular weight is 323 g/mol. The van der Waals surface area contributed by atoms with Crippen LogP contribution < -0.4 is 10.1 Å². The second kappa shape index (κ2) is 7.17. The van der Waals surface area contributed by atoms with E-state index in [9.17, 15) is 4.79 Å². The second-order valence-electron chi connectivity index (χ2n) is 5.59. The van der Waals surface area contributed by atoms with Crippen molar-refractivity contribution in [2.75, 3.05) is 13.2 Å². The SMILES string of the molecule is CCOc1cccn2cc(CCNC(=O)c3ccccc3C)nc12. The zero-order valence-corrected chi connectivity index (χ0v) is 14.0. The number of benzene rings is 1. The molecule has 1 amide bonds. The van der Waals surface area contributed by atoms with E-state index < -0.39 is 0 Å². The predicted molar refractivity (Wildman–Crippen MR) is 93.6 cm³/mol. The Morgan fingerprint density at radius 2 is 2.08 bits per heavy atom. The molecule has 0 saturated carbocycles. The zero-order chi connectivity index (χ0) is 16.9. The van der Waals surface area contributed by atoms with E-state index in [1.807, 2.05) is 67.0 Å². The lowest BCUT2D eigenvalue weighted by Gasteiger charge is -2.06. The van der Waals surface area contributed by atoms with Gasteiger partial charge in [-0.3, -0.25) is 4.79 Å². The van der Waals surface area contributed by atoms with Gasteiger partial charge in [0, 0.05) is 30.9 Å². The Balaban J connectivity index is 1.65. The second-order valence-corrected chi connectivity index (χ2v) is 5.59. The van der Waals surface area contributed by atoms with Crippen LogP contribution in [0, 0.1) is 6.92 Å². The summed E-state index contributed by atoms with van der Waals surface area (Å²) in [5.41, 5.74) is 3.42. The van der Waals surface area contributed by atoms with Gasteiger partial charge in [-0.05, 0) is 37.6 Å². The van der Waals surface area contributed by atoms with Crippen molar-refractivity contribution in [3.05, 3.63) is 65.6 Å². The van der Waals surface area contributed by atoms with Crippen LogP contribution in [-0.4, -0.2) is 28.4 Å². The number of nitrogens with one attached hydrogen (secondary N) is 1. The van der Waals surface area contributed by atoms with Crippen molar-refractivity contribution in [2.24, 2.45) is 0 Å². The summed E-state index contributed by atoms with van der Waals surface area (Å²) in [5, 5.41) is 2.95.